The summed E-state index contributed by atoms with van der Waals surface area (Å²) in [5.41, 5.74) is 1.88. The molecule has 0 saturated carbocycles. The van der Waals surface area contributed by atoms with E-state index < -0.39 is 28.4 Å². The Bertz CT molecular complexity index is 873. The Kier molecular flexibility index (Phi) is 5.55. The Morgan fingerprint density at radius 1 is 0.640 bits per heavy atom. The minimum absolute atomic E-state index is 0.105. The first-order chi connectivity index (χ1) is 11.4. The van der Waals surface area contributed by atoms with Crippen LogP contribution in [-0.4, -0.2) is 25.2 Å². The summed E-state index contributed by atoms with van der Waals surface area (Å²) in [5, 5.41) is 0. The highest BCUT2D eigenvalue weighted by Gasteiger charge is 2.33. The molecular weight excluding hydrogens is 376 g/mol. The third-order valence-corrected chi connectivity index (χ3v) is 11.5. The van der Waals surface area contributed by atoms with Crippen LogP contribution >= 0.6 is 0 Å². The van der Waals surface area contributed by atoms with Crippen molar-refractivity contribution in [2.24, 2.45) is 0 Å². The van der Waals surface area contributed by atoms with E-state index in [4.69, 9.17) is 0 Å². The van der Waals surface area contributed by atoms with Crippen molar-refractivity contribution >= 4 is 28.4 Å². The fourth-order valence-corrected chi connectivity index (χ4v) is 10.1. The van der Waals surface area contributed by atoms with E-state index in [-0.39, 0.29) is 9.79 Å². The molecule has 0 unspecified atom stereocenters. The molecule has 2 aromatic carbocycles. The minimum Gasteiger partial charge on any atom is -0.218 e. The van der Waals surface area contributed by atoms with Crippen LogP contribution in [0.5, 0.6) is 0 Å². The molecule has 2 aromatic rings. The van der Waals surface area contributed by atoms with E-state index >= 15 is 0 Å². The molecule has 0 aliphatic carbocycles. The predicted octanol–water partition coefficient (Wildman–Crippen LogP) is 2.26. The van der Waals surface area contributed by atoms with E-state index in [2.05, 4.69) is 8.78 Å². The molecule has 2 rings (SSSR count). The number of benzene rings is 2. The maximum atomic E-state index is 12.5. The molecule has 0 aliphatic heterocycles. The topological polar surface area (TPSA) is 92.3 Å². The van der Waals surface area contributed by atoms with Gasteiger partial charge in [0.2, 0.25) is 28.4 Å². The lowest BCUT2D eigenvalue weighted by molar-refractivity contribution is 0.590. The molecule has 0 atom stereocenters. The average molecular weight is 399 g/mol. The Labute approximate surface area is 150 Å². The number of sulfonamides is 2. The molecule has 0 bridgehead atoms. The summed E-state index contributed by atoms with van der Waals surface area (Å²) in [7, 11) is -10.7. The van der Waals surface area contributed by atoms with Crippen LogP contribution in [0.2, 0.25) is 13.1 Å². The number of nitrogens with one attached hydrogen (secondary N) is 2. The molecule has 0 radical (unpaired) electrons. The maximum absolute atomic E-state index is 12.5. The van der Waals surface area contributed by atoms with Crippen LogP contribution in [-0.2, 0) is 20.0 Å². The second-order valence-electron chi connectivity index (χ2n) is 6.46. The maximum Gasteiger partial charge on any atom is 0.235 e. The van der Waals surface area contributed by atoms with Crippen LogP contribution in [0.15, 0.2) is 58.3 Å². The van der Waals surface area contributed by atoms with Gasteiger partial charge < -0.3 is 0 Å². The molecule has 6 nitrogen and oxygen atoms in total. The van der Waals surface area contributed by atoms with Crippen molar-refractivity contribution in [2.45, 2.75) is 36.7 Å². The monoisotopic (exact) mass is 398 g/mol. The zero-order valence-corrected chi connectivity index (χ0v) is 17.2. The number of hydrogen-bond acceptors (Lipinski definition) is 4. The van der Waals surface area contributed by atoms with Gasteiger partial charge in [-0.3, -0.25) is 0 Å². The van der Waals surface area contributed by atoms with Gasteiger partial charge in [0.15, 0.2) is 0 Å². The van der Waals surface area contributed by atoms with E-state index in [1.807, 2.05) is 13.8 Å². The van der Waals surface area contributed by atoms with Crippen LogP contribution in [0.4, 0.5) is 0 Å². The third kappa shape index (κ3) is 5.22. The van der Waals surface area contributed by atoms with Crippen molar-refractivity contribution in [2.75, 3.05) is 0 Å². The molecular formula is C16H22N2O4S2Si. The fourth-order valence-electron chi connectivity index (χ4n) is 2.25. The summed E-state index contributed by atoms with van der Waals surface area (Å²) in [6.07, 6.45) is 0. The molecule has 136 valence electrons. The molecule has 0 fully saturated rings. The van der Waals surface area contributed by atoms with Crippen molar-refractivity contribution < 1.29 is 16.8 Å². The van der Waals surface area contributed by atoms with Crippen LogP contribution in [0.1, 0.15) is 11.1 Å². The van der Waals surface area contributed by atoms with E-state index in [1.165, 1.54) is 24.3 Å². The smallest absolute Gasteiger partial charge is 0.218 e. The predicted molar refractivity (Wildman–Crippen MR) is 100 cm³/mol. The van der Waals surface area contributed by atoms with Crippen molar-refractivity contribution in [1.29, 1.82) is 0 Å². The van der Waals surface area contributed by atoms with Crippen molar-refractivity contribution in [1.82, 2.24) is 8.78 Å². The average Bonchev–Trinajstić information content (AvgIpc) is 2.45. The summed E-state index contributed by atoms with van der Waals surface area (Å²) in [6.45, 7) is 6.89. The molecule has 0 spiro atoms. The van der Waals surface area contributed by atoms with Gasteiger partial charge in [-0.25, -0.2) is 25.6 Å². The first-order valence-corrected chi connectivity index (χ1v) is 13.6. The first-order valence-electron chi connectivity index (χ1n) is 7.63. The molecule has 0 aliphatic rings. The number of hydrogen-bond donors (Lipinski definition) is 2. The van der Waals surface area contributed by atoms with Gasteiger partial charge in [-0.2, -0.15) is 0 Å². The molecule has 25 heavy (non-hydrogen) atoms. The third-order valence-electron chi connectivity index (χ3n) is 3.44. The SMILES string of the molecule is Cc1ccc(S(=O)(=O)N[Si](C)(C)NS(=O)(=O)c2ccc(C)cc2)cc1. The first kappa shape index (κ1) is 19.8. The van der Waals surface area contributed by atoms with Gasteiger partial charge in [0.05, 0.1) is 9.79 Å². The van der Waals surface area contributed by atoms with E-state index in [9.17, 15) is 16.8 Å². The molecule has 0 aromatic heterocycles. The molecule has 9 heteroatoms. The highest BCUT2D eigenvalue weighted by molar-refractivity contribution is 7.93. The van der Waals surface area contributed by atoms with Gasteiger partial charge >= 0.3 is 0 Å². The largest absolute Gasteiger partial charge is 0.235 e. The van der Waals surface area contributed by atoms with Crippen LogP contribution in [0.25, 0.3) is 0 Å². The highest BCUT2D eigenvalue weighted by Crippen LogP contribution is 2.15. The molecule has 0 heterocycles. The number of rotatable bonds is 6. The quantitative estimate of drug-likeness (QED) is 0.730. The van der Waals surface area contributed by atoms with Gasteiger partial charge in [0.1, 0.15) is 0 Å². The van der Waals surface area contributed by atoms with E-state index in [0.717, 1.165) is 11.1 Å². The lowest BCUT2D eigenvalue weighted by Crippen LogP contribution is -2.61. The van der Waals surface area contributed by atoms with E-state index in [1.54, 1.807) is 37.4 Å². The van der Waals surface area contributed by atoms with Crippen molar-refractivity contribution in [3.8, 4) is 0 Å². The second kappa shape index (κ2) is 7.00. The minimum atomic E-state index is -3.81. The Balaban J connectivity index is 2.23. The van der Waals surface area contributed by atoms with Crippen molar-refractivity contribution in [3.05, 3.63) is 59.7 Å². The molecule has 0 saturated heterocycles. The van der Waals surface area contributed by atoms with Crippen LogP contribution in [0, 0.1) is 13.8 Å². The van der Waals surface area contributed by atoms with Gasteiger partial charge in [-0.15, -0.1) is 0 Å². The summed E-state index contributed by atoms with van der Waals surface area (Å²) in [5.74, 6) is 0. The summed E-state index contributed by atoms with van der Waals surface area (Å²) >= 11 is 0. The van der Waals surface area contributed by atoms with Gasteiger partial charge in [-0.1, -0.05) is 35.4 Å². The van der Waals surface area contributed by atoms with Gasteiger partial charge in [-0.05, 0) is 51.2 Å². The summed E-state index contributed by atoms with van der Waals surface area (Å²) in [4.78, 5) is 0.210. The summed E-state index contributed by atoms with van der Waals surface area (Å²) in [6, 6.07) is 12.8. The Morgan fingerprint density at radius 3 is 1.20 bits per heavy atom. The zero-order valence-electron chi connectivity index (χ0n) is 14.6. The number of aryl methyl sites for hydroxylation is 2. The zero-order chi connectivity index (χ0) is 18.9. The van der Waals surface area contributed by atoms with Gasteiger partial charge in [0.25, 0.3) is 0 Å². The van der Waals surface area contributed by atoms with E-state index in [0.29, 0.717) is 0 Å². The van der Waals surface area contributed by atoms with Crippen LogP contribution < -0.4 is 8.78 Å². The fraction of sp³-hybridized carbons (Fsp3) is 0.250. The van der Waals surface area contributed by atoms with Crippen LogP contribution in [0.3, 0.4) is 0 Å². The standard InChI is InChI=1S/C16H22N2O4S2Si/c1-13-5-9-15(10-6-13)23(19,20)17-25(3,4)18-24(21,22)16-11-7-14(2)8-12-16/h5-12,17-18H,1-4H3. The Morgan fingerprint density at radius 2 is 0.920 bits per heavy atom. The Hall–Kier alpha value is -1.52. The normalized spacial score (nSPS) is 13.0. The molecule has 0 amide bonds. The lowest BCUT2D eigenvalue weighted by atomic mass is 10.2. The summed E-state index contributed by atoms with van der Waals surface area (Å²) < 4.78 is 55.1. The highest BCUT2D eigenvalue weighted by atomic mass is 32.2. The molecule has 2 N–H and O–H groups in total. The second-order valence-corrected chi connectivity index (χ2v) is 14.3. The van der Waals surface area contributed by atoms with Crippen molar-refractivity contribution in [3.63, 3.8) is 0 Å². The van der Waals surface area contributed by atoms with Gasteiger partial charge in [0, 0.05) is 0 Å². The lowest BCUT2D eigenvalue weighted by Gasteiger charge is -2.24.